The Morgan fingerprint density at radius 1 is 1.14 bits per heavy atom. The SMILES string of the molecule is CC#C[C@@H](CC([O-])O)c1ccc(OCC2CCCC3(CCCCC3)C2)cc1.[Na+]. The van der Waals surface area contributed by atoms with Crippen molar-refractivity contribution >= 4 is 0 Å². The molecule has 1 spiro atoms. The van der Waals surface area contributed by atoms with Crippen molar-refractivity contribution in [2.45, 2.75) is 83.3 Å². The number of aliphatic hydroxyl groups is 1. The molecule has 28 heavy (non-hydrogen) atoms. The van der Waals surface area contributed by atoms with Crippen molar-refractivity contribution in [3.05, 3.63) is 29.8 Å². The molecular formula is C24H33NaO3. The molecule has 0 saturated heterocycles. The van der Waals surface area contributed by atoms with Gasteiger partial charge in [-0.2, -0.15) is 0 Å². The average Bonchev–Trinajstić information content (AvgIpc) is 2.67. The molecule has 2 aliphatic rings. The van der Waals surface area contributed by atoms with Gasteiger partial charge >= 0.3 is 29.6 Å². The summed E-state index contributed by atoms with van der Waals surface area (Å²) in [5, 5.41) is 20.3. The first-order chi connectivity index (χ1) is 13.1. The van der Waals surface area contributed by atoms with E-state index in [1.807, 2.05) is 24.3 Å². The van der Waals surface area contributed by atoms with E-state index in [4.69, 9.17) is 9.84 Å². The summed E-state index contributed by atoms with van der Waals surface area (Å²) < 4.78 is 6.11. The van der Waals surface area contributed by atoms with Crippen molar-refractivity contribution < 1.29 is 44.5 Å². The van der Waals surface area contributed by atoms with Crippen molar-refractivity contribution in [1.29, 1.82) is 0 Å². The molecule has 0 aromatic heterocycles. The van der Waals surface area contributed by atoms with Gasteiger partial charge in [-0.05, 0) is 80.8 Å². The number of benzene rings is 1. The Morgan fingerprint density at radius 2 is 1.82 bits per heavy atom. The van der Waals surface area contributed by atoms with Crippen LogP contribution in [0.25, 0.3) is 0 Å². The van der Waals surface area contributed by atoms with E-state index in [-0.39, 0.29) is 41.9 Å². The summed E-state index contributed by atoms with van der Waals surface area (Å²) in [7, 11) is 0. The third kappa shape index (κ3) is 6.78. The third-order valence-corrected chi connectivity index (χ3v) is 6.48. The number of hydrogen-bond acceptors (Lipinski definition) is 3. The minimum Gasteiger partial charge on any atom is -0.831 e. The van der Waals surface area contributed by atoms with Gasteiger partial charge in [-0.3, -0.25) is 0 Å². The fraction of sp³-hybridized carbons (Fsp3) is 0.667. The van der Waals surface area contributed by atoms with Gasteiger partial charge in [0, 0.05) is 5.92 Å². The normalized spacial score (nSPS) is 23.0. The summed E-state index contributed by atoms with van der Waals surface area (Å²) >= 11 is 0. The second kappa shape index (κ2) is 11.6. The largest absolute Gasteiger partial charge is 1.00 e. The van der Waals surface area contributed by atoms with Gasteiger partial charge in [-0.15, -0.1) is 5.92 Å². The smallest absolute Gasteiger partial charge is 0.831 e. The molecule has 0 bridgehead atoms. The summed E-state index contributed by atoms with van der Waals surface area (Å²) in [4.78, 5) is 0. The Morgan fingerprint density at radius 3 is 2.46 bits per heavy atom. The summed E-state index contributed by atoms with van der Waals surface area (Å²) in [6, 6.07) is 7.87. The number of rotatable bonds is 6. The molecule has 4 heteroatoms. The summed E-state index contributed by atoms with van der Waals surface area (Å²) in [6.45, 7) is 2.56. The monoisotopic (exact) mass is 392 g/mol. The second-order valence-electron chi connectivity index (χ2n) is 8.54. The third-order valence-electron chi connectivity index (χ3n) is 6.48. The minimum absolute atomic E-state index is 0. The average molecular weight is 393 g/mol. The molecule has 148 valence electrons. The zero-order valence-electron chi connectivity index (χ0n) is 17.6. The Kier molecular flexibility index (Phi) is 9.87. The zero-order valence-corrected chi connectivity index (χ0v) is 19.6. The first kappa shape index (κ1) is 23.8. The van der Waals surface area contributed by atoms with Gasteiger partial charge in [-0.1, -0.05) is 43.7 Å². The second-order valence-corrected chi connectivity index (χ2v) is 8.54. The number of hydrogen-bond donors (Lipinski definition) is 1. The fourth-order valence-electron chi connectivity index (χ4n) is 5.15. The first-order valence-corrected chi connectivity index (χ1v) is 10.6. The first-order valence-electron chi connectivity index (χ1n) is 10.6. The van der Waals surface area contributed by atoms with E-state index in [0.29, 0.717) is 11.3 Å². The van der Waals surface area contributed by atoms with Crippen molar-refractivity contribution in [2.75, 3.05) is 6.61 Å². The molecule has 2 aliphatic carbocycles. The quantitative estimate of drug-likeness (QED) is 0.452. The van der Waals surface area contributed by atoms with E-state index in [0.717, 1.165) is 17.9 Å². The number of aliphatic hydroxyl groups excluding tert-OH is 1. The predicted octanol–water partition coefficient (Wildman–Crippen LogP) is 1.39. The fourth-order valence-corrected chi connectivity index (χ4v) is 5.15. The Balaban J connectivity index is 0.00000280. The maximum Gasteiger partial charge on any atom is 1.00 e. The van der Waals surface area contributed by atoms with Gasteiger partial charge in [0.05, 0.1) is 6.61 Å². The van der Waals surface area contributed by atoms with Crippen LogP contribution < -0.4 is 39.4 Å². The number of ether oxygens (including phenoxy) is 1. The van der Waals surface area contributed by atoms with Gasteiger partial charge in [0.25, 0.3) is 0 Å². The standard InChI is InChI=1S/C24H33O3.Na/c1-2-7-21(16-23(25)26)20-9-11-22(12-10-20)27-18-19-8-6-15-24(17-19)13-4-3-5-14-24;/h9-12,19,21,23,25H,3-6,8,13-18H2,1H3;/q-1;+1/t19?,21-,23?;/m0./s1. The van der Waals surface area contributed by atoms with Crippen LogP contribution in [0.2, 0.25) is 0 Å². The molecule has 0 heterocycles. The van der Waals surface area contributed by atoms with Gasteiger partial charge in [0.2, 0.25) is 0 Å². The van der Waals surface area contributed by atoms with Gasteiger partial charge in [-0.25, -0.2) is 0 Å². The predicted molar refractivity (Wildman–Crippen MR) is 106 cm³/mol. The van der Waals surface area contributed by atoms with Crippen LogP contribution >= 0.6 is 0 Å². The zero-order chi connectivity index (χ0) is 19.1. The molecule has 3 rings (SSSR count). The topological polar surface area (TPSA) is 52.5 Å². The molecule has 0 aliphatic heterocycles. The summed E-state index contributed by atoms with van der Waals surface area (Å²) in [6.07, 6.45) is 11.0. The van der Waals surface area contributed by atoms with Crippen molar-refractivity contribution in [3.63, 3.8) is 0 Å². The van der Waals surface area contributed by atoms with Crippen LogP contribution in [0.5, 0.6) is 5.75 Å². The molecule has 3 atom stereocenters. The van der Waals surface area contributed by atoms with Crippen molar-refractivity contribution in [1.82, 2.24) is 0 Å². The molecule has 2 saturated carbocycles. The Bertz CT molecular complexity index is 633. The van der Waals surface area contributed by atoms with Crippen LogP contribution in [0, 0.1) is 23.2 Å². The van der Waals surface area contributed by atoms with E-state index in [1.54, 1.807) is 6.92 Å². The van der Waals surface area contributed by atoms with E-state index in [2.05, 4.69) is 11.8 Å². The molecule has 2 unspecified atom stereocenters. The van der Waals surface area contributed by atoms with Crippen LogP contribution in [0.1, 0.15) is 82.6 Å². The van der Waals surface area contributed by atoms with Crippen LogP contribution in [0.15, 0.2) is 24.3 Å². The van der Waals surface area contributed by atoms with Crippen LogP contribution in [-0.2, 0) is 0 Å². The Hall–Kier alpha value is -0.500. The van der Waals surface area contributed by atoms with Crippen molar-refractivity contribution in [2.24, 2.45) is 11.3 Å². The summed E-state index contributed by atoms with van der Waals surface area (Å²) in [5.74, 6) is 7.20. The van der Waals surface area contributed by atoms with Gasteiger partial charge < -0.3 is 14.9 Å². The molecule has 1 aromatic carbocycles. The molecule has 1 aromatic rings. The van der Waals surface area contributed by atoms with Gasteiger partial charge in [0.15, 0.2) is 0 Å². The van der Waals surface area contributed by atoms with E-state index in [9.17, 15) is 5.11 Å². The van der Waals surface area contributed by atoms with Crippen LogP contribution in [0.4, 0.5) is 0 Å². The molecule has 0 amide bonds. The van der Waals surface area contributed by atoms with Crippen LogP contribution in [-0.4, -0.2) is 18.0 Å². The minimum atomic E-state index is -1.59. The van der Waals surface area contributed by atoms with Crippen LogP contribution in [0.3, 0.4) is 0 Å². The molecule has 2 fully saturated rings. The maximum absolute atomic E-state index is 11.1. The van der Waals surface area contributed by atoms with E-state index in [1.165, 1.54) is 57.8 Å². The van der Waals surface area contributed by atoms with Crippen molar-refractivity contribution in [3.8, 4) is 17.6 Å². The molecule has 0 radical (unpaired) electrons. The summed E-state index contributed by atoms with van der Waals surface area (Å²) in [5.41, 5.74) is 1.57. The molecule has 1 N–H and O–H groups in total. The Labute approximate surface area is 192 Å². The molecule has 3 nitrogen and oxygen atoms in total. The maximum atomic E-state index is 11.1. The van der Waals surface area contributed by atoms with Gasteiger partial charge in [0.1, 0.15) is 5.75 Å². The van der Waals surface area contributed by atoms with E-state index < -0.39 is 6.29 Å². The van der Waals surface area contributed by atoms with E-state index >= 15 is 0 Å². The molecular weight excluding hydrogens is 359 g/mol.